The number of nitrogens with two attached hydrogens (primary N) is 1. The molecule has 0 saturated heterocycles. The molecule has 0 atom stereocenters. The van der Waals surface area contributed by atoms with E-state index in [9.17, 15) is 13.5 Å². The van der Waals surface area contributed by atoms with Crippen LogP contribution in [0.1, 0.15) is 37.7 Å². The summed E-state index contributed by atoms with van der Waals surface area (Å²) in [4.78, 5) is 0.145. The van der Waals surface area contributed by atoms with Crippen molar-refractivity contribution < 1.29 is 13.5 Å². The summed E-state index contributed by atoms with van der Waals surface area (Å²) < 4.78 is 27.2. The van der Waals surface area contributed by atoms with E-state index in [1.807, 2.05) is 6.92 Å². The standard InChI is InChI=1S/C15H24N2O3S/c1-12-7-8-15(14(16)11-12)21(19,20)17(9-10-18)13-5-3-2-4-6-13/h7-8,11,13,18H,2-6,9-10,16H2,1H3. The van der Waals surface area contributed by atoms with E-state index in [0.717, 1.165) is 37.7 Å². The van der Waals surface area contributed by atoms with Gasteiger partial charge in [0.1, 0.15) is 4.90 Å². The molecule has 1 saturated carbocycles. The third-order valence-corrected chi connectivity index (χ3v) is 6.08. The van der Waals surface area contributed by atoms with E-state index in [2.05, 4.69) is 0 Å². The summed E-state index contributed by atoms with van der Waals surface area (Å²) in [6, 6.07) is 4.95. The minimum atomic E-state index is -3.66. The second-order valence-electron chi connectivity index (χ2n) is 5.67. The monoisotopic (exact) mass is 312 g/mol. The molecule has 21 heavy (non-hydrogen) atoms. The smallest absolute Gasteiger partial charge is 0.245 e. The highest BCUT2D eigenvalue weighted by molar-refractivity contribution is 7.89. The second kappa shape index (κ2) is 6.77. The zero-order chi connectivity index (χ0) is 15.5. The average Bonchev–Trinajstić information content (AvgIpc) is 2.45. The first-order chi connectivity index (χ1) is 9.96. The zero-order valence-electron chi connectivity index (χ0n) is 12.5. The fourth-order valence-electron chi connectivity index (χ4n) is 3.00. The van der Waals surface area contributed by atoms with E-state index < -0.39 is 10.0 Å². The number of aliphatic hydroxyl groups is 1. The molecule has 0 bridgehead atoms. The van der Waals surface area contributed by atoms with Crippen molar-refractivity contribution in [2.75, 3.05) is 18.9 Å². The SMILES string of the molecule is Cc1ccc(S(=O)(=O)N(CCO)C2CCCCC2)c(N)c1. The van der Waals surface area contributed by atoms with E-state index in [4.69, 9.17) is 5.73 Å². The number of anilines is 1. The van der Waals surface area contributed by atoms with Crippen molar-refractivity contribution in [1.82, 2.24) is 4.31 Å². The van der Waals surface area contributed by atoms with Crippen LogP contribution in [0.2, 0.25) is 0 Å². The molecule has 3 N–H and O–H groups in total. The molecule has 2 rings (SSSR count). The van der Waals surface area contributed by atoms with Crippen LogP contribution in [0.15, 0.2) is 23.1 Å². The number of benzene rings is 1. The number of nitrogens with zero attached hydrogens (tertiary/aromatic N) is 1. The quantitative estimate of drug-likeness (QED) is 0.813. The Hall–Kier alpha value is -1.11. The molecule has 0 aliphatic heterocycles. The highest BCUT2D eigenvalue weighted by atomic mass is 32.2. The van der Waals surface area contributed by atoms with Crippen LogP contribution >= 0.6 is 0 Å². The number of hydrogen-bond donors (Lipinski definition) is 2. The first-order valence-corrected chi connectivity index (χ1v) is 8.89. The minimum Gasteiger partial charge on any atom is -0.398 e. The van der Waals surface area contributed by atoms with Crippen molar-refractivity contribution in [2.24, 2.45) is 0 Å². The lowest BCUT2D eigenvalue weighted by Crippen LogP contribution is -2.43. The number of sulfonamides is 1. The van der Waals surface area contributed by atoms with Crippen LogP contribution in [0.25, 0.3) is 0 Å². The van der Waals surface area contributed by atoms with Gasteiger partial charge < -0.3 is 10.8 Å². The maximum absolute atomic E-state index is 12.9. The maximum Gasteiger partial charge on any atom is 0.245 e. The van der Waals surface area contributed by atoms with Gasteiger partial charge in [-0.1, -0.05) is 25.3 Å². The summed E-state index contributed by atoms with van der Waals surface area (Å²) in [7, 11) is -3.66. The van der Waals surface area contributed by atoms with E-state index in [0.29, 0.717) is 0 Å². The van der Waals surface area contributed by atoms with Crippen LogP contribution < -0.4 is 5.73 Å². The average molecular weight is 312 g/mol. The van der Waals surface area contributed by atoms with E-state index >= 15 is 0 Å². The Morgan fingerprint density at radius 2 is 1.95 bits per heavy atom. The largest absolute Gasteiger partial charge is 0.398 e. The van der Waals surface area contributed by atoms with Gasteiger partial charge in [-0.25, -0.2) is 8.42 Å². The molecule has 0 spiro atoms. The van der Waals surface area contributed by atoms with Gasteiger partial charge in [0.25, 0.3) is 0 Å². The van der Waals surface area contributed by atoms with E-state index in [1.165, 1.54) is 4.31 Å². The summed E-state index contributed by atoms with van der Waals surface area (Å²) in [5, 5.41) is 9.25. The van der Waals surface area contributed by atoms with Gasteiger partial charge in [0, 0.05) is 12.6 Å². The molecule has 1 aromatic carbocycles. The van der Waals surface area contributed by atoms with Crippen LogP contribution in [0.5, 0.6) is 0 Å². The Labute approximate surface area is 126 Å². The van der Waals surface area contributed by atoms with Gasteiger partial charge >= 0.3 is 0 Å². The summed E-state index contributed by atoms with van der Waals surface area (Å²) >= 11 is 0. The van der Waals surface area contributed by atoms with E-state index in [-0.39, 0.29) is 29.8 Å². The Morgan fingerprint density at radius 1 is 1.29 bits per heavy atom. The first-order valence-electron chi connectivity index (χ1n) is 7.45. The summed E-state index contributed by atoms with van der Waals surface area (Å²) in [6.45, 7) is 1.82. The molecule has 1 aliphatic rings. The molecule has 118 valence electrons. The maximum atomic E-state index is 12.9. The lowest BCUT2D eigenvalue weighted by molar-refractivity contribution is 0.199. The molecular formula is C15H24N2O3S. The predicted octanol–water partition coefficient (Wildman–Crippen LogP) is 1.89. The molecule has 1 aromatic rings. The minimum absolute atomic E-state index is 0.0309. The van der Waals surface area contributed by atoms with Crippen molar-refractivity contribution in [3.63, 3.8) is 0 Å². The zero-order valence-corrected chi connectivity index (χ0v) is 13.3. The van der Waals surface area contributed by atoms with Gasteiger partial charge in [-0.05, 0) is 37.5 Å². The molecule has 0 radical (unpaired) electrons. The number of hydrogen-bond acceptors (Lipinski definition) is 4. The Balaban J connectivity index is 2.36. The van der Waals surface area contributed by atoms with Gasteiger partial charge in [0.05, 0.1) is 12.3 Å². The molecular weight excluding hydrogens is 288 g/mol. The van der Waals surface area contributed by atoms with Crippen molar-refractivity contribution in [1.29, 1.82) is 0 Å². The van der Waals surface area contributed by atoms with Crippen molar-refractivity contribution in [3.05, 3.63) is 23.8 Å². The number of nitrogen functional groups attached to an aromatic ring is 1. The highest BCUT2D eigenvalue weighted by Gasteiger charge is 2.33. The Kier molecular flexibility index (Phi) is 5.24. The normalized spacial score (nSPS) is 17.3. The topological polar surface area (TPSA) is 83.6 Å². The van der Waals surface area contributed by atoms with Crippen LogP contribution in [0, 0.1) is 6.92 Å². The van der Waals surface area contributed by atoms with Gasteiger partial charge in [-0.3, -0.25) is 0 Å². The number of aliphatic hydroxyl groups excluding tert-OH is 1. The molecule has 0 heterocycles. The molecule has 1 fully saturated rings. The fourth-order valence-corrected chi connectivity index (χ4v) is 4.77. The first kappa shape index (κ1) is 16.3. The van der Waals surface area contributed by atoms with Crippen LogP contribution in [0.3, 0.4) is 0 Å². The second-order valence-corrected chi connectivity index (χ2v) is 7.53. The lowest BCUT2D eigenvalue weighted by atomic mass is 9.95. The molecule has 0 amide bonds. The van der Waals surface area contributed by atoms with Gasteiger partial charge in [0.15, 0.2) is 0 Å². The highest BCUT2D eigenvalue weighted by Crippen LogP contribution is 2.30. The lowest BCUT2D eigenvalue weighted by Gasteiger charge is -2.33. The fraction of sp³-hybridized carbons (Fsp3) is 0.600. The van der Waals surface area contributed by atoms with Crippen LogP contribution in [0.4, 0.5) is 5.69 Å². The van der Waals surface area contributed by atoms with Crippen molar-refractivity contribution in [3.8, 4) is 0 Å². The Morgan fingerprint density at radius 3 is 2.52 bits per heavy atom. The van der Waals surface area contributed by atoms with Crippen molar-refractivity contribution in [2.45, 2.75) is 50.0 Å². The van der Waals surface area contributed by atoms with Gasteiger partial charge in [0.2, 0.25) is 10.0 Å². The summed E-state index contributed by atoms with van der Waals surface area (Å²) in [6.07, 6.45) is 4.92. The summed E-state index contributed by atoms with van der Waals surface area (Å²) in [5.74, 6) is 0. The van der Waals surface area contributed by atoms with Crippen LogP contribution in [-0.2, 0) is 10.0 Å². The van der Waals surface area contributed by atoms with Gasteiger partial charge in [-0.15, -0.1) is 0 Å². The third kappa shape index (κ3) is 3.56. The van der Waals surface area contributed by atoms with Gasteiger partial charge in [-0.2, -0.15) is 4.31 Å². The summed E-state index contributed by atoms with van der Waals surface area (Å²) in [5.41, 5.74) is 7.10. The molecule has 1 aliphatic carbocycles. The molecule has 6 heteroatoms. The predicted molar refractivity (Wildman–Crippen MR) is 83.4 cm³/mol. The van der Waals surface area contributed by atoms with Crippen LogP contribution in [-0.4, -0.2) is 37.0 Å². The van der Waals surface area contributed by atoms with E-state index in [1.54, 1.807) is 18.2 Å². The number of aryl methyl sites for hydroxylation is 1. The Bertz CT molecular complexity index is 581. The van der Waals surface area contributed by atoms with Crippen molar-refractivity contribution >= 4 is 15.7 Å². The number of rotatable bonds is 5. The molecule has 5 nitrogen and oxygen atoms in total. The third-order valence-electron chi connectivity index (χ3n) is 4.05. The molecule has 0 aromatic heterocycles. The molecule has 0 unspecified atom stereocenters.